The first kappa shape index (κ1) is 21.8. The number of benzene rings is 2. The van der Waals surface area contributed by atoms with Gasteiger partial charge in [0.15, 0.2) is 5.82 Å². The molecule has 1 amide bonds. The normalized spacial score (nSPS) is 12.3. The third kappa shape index (κ3) is 4.84. The van der Waals surface area contributed by atoms with E-state index in [1.807, 2.05) is 5.32 Å². The van der Waals surface area contributed by atoms with Crippen molar-refractivity contribution >= 4 is 21.6 Å². The molecule has 0 spiro atoms. The largest absolute Gasteiger partial charge is 0.416 e. The molecule has 0 aromatic heterocycles. The summed E-state index contributed by atoms with van der Waals surface area (Å²) in [5.41, 5.74) is -2.68. The van der Waals surface area contributed by atoms with Gasteiger partial charge in [-0.3, -0.25) is 4.79 Å². The van der Waals surface area contributed by atoms with Crippen LogP contribution in [-0.2, 0) is 16.2 Å². The average molecular weight is 422 g/mol. The number of hydrogen-bond donors (Lipinski definition) is 2. The molecule has 0 fully saturated rings. The fourth-order valence-corrected chi connectivity index (χ4v) is 3.62. The van der Waals surface area contributed by atoms with E-state index in [0.717, 1.165) is 18.2 Å². The topological polar surface area (TPSA) is 75.3 Å². The molecule has 11 heteroatoms. The van der Waals surface area contributed by atoms with Gasteiger partial charge in [0.2, 0.25) is 10.0 Å². The van der Waals surface area contributed by atoms with Crippen LogP contribution in [0.15, 0.2) is 41.3 Å². The lowest BCUT2D eigenvalue weighted by molar-refractivity contribution is -0.137. The second-order valence-corrected chi connectivity index (χ2v) is 7.73. The van der Waals surface area contributed by atoms with Gasteiger partial charge in [0, 0.05) is 11.7 Å². The van der Waals surface area contributed by atoms with Crippen molar-refractivity contribution < 1.29 is 35.2 Å². The number of nitrogens with one attached hydrogen (secondary N) is 2. The third-order valence-electron chi connectivity index (χ3n) is 3.41. The number of amides is 1. The lowest BCUT2D eigenvalue weighted by atomic mass is 10.1. The molecule has 0 aliphatic carbocycles. The van der Waals surface area contributed by atoms with Gasteiger partial charge in [-0.15, -0.1) is 0 Å². The molecular formula is C17H15F5N2O3S. The maximum absolute atomic E-state index is 14.6. The van der Waals surface area contributed by atoms with Gasteiger partial charge in [0.1, 0.15) is 16.3 Å². The summed E-state index contributed by atoms with van der Waals surface area (Å²) in [5, 5.41) is 1.94. The van der Waals surface area contributed by atoms with Crippen molar-refractivity contribution in [1.82, 2.24) is 4.72 Å². The van der Waals surface area contributed by atoms with E-state index in [1.54, 1.807) is 0 Å². The molecule has 2 aromatic carbocycles. The van der Waals surface area contributed by atoms with E-state index in [1.165, 1.54) is 13.8 Å². The standard InChI is InChI=1S/C17H15F5N2O3S/c1-9(2)24-28(26,27)13-7-6-12(18)14(15(13)19)16(25)23-11-5-3-4-10(8-11)17(20,21)22/h3-9,24H,1-2H3,(H,23,25). The first-order valence-corrected chi connectivity index (χ1v) is 9.30. The summed E-state index contributed by atoms with van der Waals surface area (Å²) in [6.07, 6.45) is -4.69. The number of halogens is 5. The Morgan fingerprint density at radius 3 is 2.29 bits per heavy atom. The fourth-order valence-electron chi connectivity index (χ4n) is 2.29. The second-order valence-electron chi connectivity index (χ2n) is 6.04. The van der Waals surface area contributed by atoms with Crippen LogP contribution in [0, 0.1) is 11.6 Å². The highest BCUT2D eigenvalue weighted by atomic mass is 32.2. The zero-order chi connectivity index (χ0) is 21.3. The first-order chi connectivity index (χ1) is 12.8. The van der Waals surface area contributed by atoms with E-state index in [9.17, 15) is 35.2 Å². The molecule has 0 aliphatic heterocycles. The Hall–Kier alpha value is -2.53. The van der Waals surface area contributed by atoms with Crippen LogP contribution in [0.4, 0.5) is 27.6 Å². The van der Waals surface area contributed by atoms with Crippen molar-refractivity contribution in [3.05, 3.63) is 59.2 Å². The number of alkyl halides is 3. The van der Waals surface area contributed by atoms with Gasteiger partial charge in [-0.25, -0.2) is 21.9 Å². The van der Waals surface area contributed by atoms with E-state index < -0.39 is 55.8 Å². The lowest BCUT2D eigenvalue weighted by Crippen LogP contribution is -2.31. The monoisotopic (exact) mass is 422 g/mol. The second kappa shape index (κ2) is 7.84. The van der Waals surface area contributed by atoms with Crippen molar-refractivity contribution in [1.29, 1.82) is 0 Å². The summed E-state index contributed by atoms with van der Waals surface area (Å²) in [7, 11) is -4.38. The van der Waals surface area contributed by atoms with Crippen LogP contribution in [-0.4, -0.2) is 20.4 Å². The van der Waals surface area contributed by atoms with Crippen LogP contribution in [0.1, 0.15) is 29.8 Å². The molecule has 0 saturated carbocycles. The average Bonchev–Trinajstić information content (AvgIpc) is 2.52. The third-order valence-corrected chi connectivity index (χ3v) is 5.09. The maximum Gasteiger partial charge on any atom is 0.416 e. The molecule has 0 atom stereocenters. The molecule has 2 aromatic rings. The molecule has 152 valence electrons. The number of rotatable bonds is 5. The number of carbonyl (C=O) groups excluding carboxylic acids is 1. The van der Waals surface area contributed by atoms with Crippen molar-refractivity contribution in [2.24, 2.45) is 0 Å². The summed E-state index contributed by atoms with van der Waals surface area (Å²) < 4.78 is 93.2. The van der Waals surface area contributed by atoms with Crippen molar-refractivity contribution in [2.75, 3.05) is 5.32 Å². The minimum Gasteiger partial charge on any atom is -0.322 e. The number of sulfonamides is 1. The van der Waals surface area contributed by atoms with Crippen LogP contribution in [0.5, 0.6) is 0 Å². The van der Waals surface area contributed by atoms with E-state index in [4.69, 9.17) is 0 Å². The van der Waals surface area contributed by atoms with Gasteiger partial charge in [0.05, 0.1) is 5.56 Å². The molecule has 0 heterocycles. The minimum atomic E-state index is -4.69. The van der Waals surface area contributed by atoms with Crippen LogP contribution in [0.25, 0.3) is 0 Å². The summed E-state index contributed by atoms with van der Waals surface area (Å²) in [5.74, 6) is -4.46. The number of anilines is 1. The zero-order valence-electron chi connectivity index (χ0n) is 14.6. The molecule has 28 heavy (non-hydrogen) atoms. The highest BCUT2D eigenvalue weighted by molar-refractivity contribution is 7.89. The highest BCUT2D eigenvalue weighted by Gasteiger charge is 2.31. The molecular weight excluding hydrogens is 407 g/mol. The molecule has 2 rings (SSSR count). The van der Waals surface area contributed by atoms with Gasteiger partial charge >= 0.3 is 6.18 Å². The van der Waals surface area contributed by atoms with Crippen molar-refractivity contribution in [2.45, 2.75) is 31.0 Å². The molecule has 0 bridgehead atoms. The zero-order valence-corrected chi connectivity index (χ0v) is 15.4. The van der Waals surface area contributed by atoms with E-state index in [-0.39, 0.29) is 5.69 Å². The summed E-state index contributed by atoms with van der Waals surface area (Å²) >= 11 is 0. The van der Waals surface area contributed by atoms with Crippen LogP contribution in [0.2, 0.25) is 0 Å². The molecule has 2 N–H and O–H groups in total. The summed E-state index contributed by atoms with van der Waals surface area (Å²) in [6.45, 7) is 2.94. The van der Waals surface area contributed by atoms with Crippen molar-refractivity contribution in [3.63, 3.8) is 0 Å². The minimum absolute atomic E-state index is 0.368. The summed E-state index contributed by atoms with van der Waals surface area (Å²) in [4.78, 5) is 11.3. The van der Waals surface area contributed by atoms with Gasteiger partial charge < -0.3 is 5.32 Å². The Morgan fingerprint density at radius 2 is 1.71 bits per heavy atom. The molecule has 0 unspecified atom stereocenters. The number of carbonyl (C=O) groups is 1. The predicted molar refractivity (Wildman–Crippen MR) is 91.2 cm³/mol. The lowest BCUT2D eigenvalue weighted by Gasteiger charge is -2.14. The Bertz CT molecular complexity index is 1000. The summed E-state index contributed by atoms with van der Waals surface area (Å²) in [6, 6.07) is 4.05. The van der Waals surface area contributed by atoms with E-state index >= 15 is 0 Å². The van der Waals surface area contributed by atoms with Gasteiger partial charge in [-0.2, -0.15) is 13.2 Å². The number of hydrogen-bond acceptors (Lipinski definition) is 3. The smallest absolute Gasteiger partial charge is 0.322 e. The van der Waals surface area contributed by atoms with Gasteiger partial charge in [-0.1, -0.05) is 6.07 Å². The van der Waals surface area contributed by atoms with Crippen LogP contribution >= 0.6 is 0 Å². The Labute approximate surface area is 157 Å². The Kier molecular flexibility index (Phi) is 6.09. The maximum atomic E-state index is 14.6. The molecule has 5 nitrogen and oxygen atoms in total. The van der Waals surface area contributed by atoms with Crippen LogP contribution in [0.3, 0.4) is 0 Å². The quantitative estimate of drug-likeness (QED) is 0.718. The molecule has 0 saturated heterocycles. The van der Waals surface area contributed by atoms with Gasteiger partial charge in [-0.05, 0) is 44.2 Å². The predicted octanol–water partition coefficient (Wildman–Crippen LogP) is 3.92. The first-order valence-electron chi connectivity index (χ1n) is 7.82. The van der Waals surface area contributed by atoms with Crippen LogP contribution < -0.4 is 10.0 Å². The molecule has 0 radical (unpaired) electrons. The van der Waals surface area contributed by atoms with Crippen molar-refractivity contribution in [3.8, 4) is 0 Å². The van der Waals surface area contributed by atoms with Gasteiger partial charge in [0.25, 0.3) is 5.91 Å². The Morgan fingerprint density at radius 1 is 1.07 bits per heavy atom. The fraction of sp³-hybridized carbons (Fsp3) is 0.235. The van der Waals surface area contributed by atoms with E-state index in [2.05, 4.69) is 4.72 Å². The molecule has 0 aliphatic rings. The Balaban J connectivity index is 2.43. The SMILES string of the molecule is CC(C)NS(=O)(=O)c1ccc(F)c(C(=O)Nc2cccc(C(F)(F)F)c2)c1F. The highest BCUT2D eigenvalue weighted by Crippen LogP contribution is 2.31. The van der Waals surface area contributed by atoms with E-state index in [0.29, 0.717) is 18.2 Å².